The molecule has 0 bridgehead atoms. The van der Waals surface area contributed by atoms with Gasteiger partial charge < -0.3 is 20.2 Å². The maximum Gasteiger partial charge on any atom is 0.225 e. The zero-order valence-electron chi connectivity index (χ0n) is 28.9. The standard InChI is InChI=1S/C32H59F2N5O6S/c1-8-10-39(11-9-2)32(43)25-16-23(15-24(17-25)31(42)37(5)6)30(41)35-28(14-22-12-26(33)18-27(34)13-22)29(40)19-38(7)36-46(44,45)20-21(3)4/h21-29,36,40H,8-20H2,1-7H3,(H,35,41). The highest BCUT2D eigenvalue weighted by molar-refractivity contribution is 7.89. The summed E-state index contributed by atoms with van der Waals surface area (Å²) in [5.41, 5.74) is 0. The van der Waals surface area contributed by atoms with E-state index in [0.717, 1.165) is 12.8 Å². The largest absolute Gasteiger partial charge is 0.390 e. The highest BCUT2D eigenvalue weighted by Crippen LogP contribution is 2.37. The molecule has 3 amide bonds. The first-order valence-corrected chi connectivity index (χ1v) is 18.6. The number of rotatable bonds is 17. The van der Waals surface area contributed by atoms with E-state index in [4.69, 9.17) is 0 Å². The van der Waals surface area contributed by atoms with Crippen LogP contribution in [-0.4, -0.2) is 117 Å². The van der Waals surface area contributed by atoms with Crippen LogP contribution in [0.15, 0.2) is 0 Å². The lowest BCUT2D eigenvalue weighted by atomic mass is 9.73. The number of amides is 3. The van der Waals surface area contributed by atoms with Gasteiger partial charge >= 0.3 is 0 Å². The summed E-state index contributed by atoms with van der Waals surface area (Å²) in [6, 6.07) is -0.942. The van der Waals surface area contributed by atoms with E-state index in [1.165, 1.54) is 17.0 Å². The van der Waals surface area contributed by atoms with Gasteiger partial charge in [0, 0.05) is 65.0 Å². The van der Waals surface area contributed by atoms with E-state index in [1.54, 1.807) is 32.8 Å². The van der Waals surface area contributed by atoms with Gasteiger partial charge in [0.2, 0.25) is 27.7 Å². The molecule has 2 rings (SSSR count). The van der Waals surface area contributed by atoms with E-state index >= 15 is 0 Å². The predicted octanol–water partition coefficient (Wildman–Crippen LogP) is 2.89. The normalized spacial score (nSPS) is 26.9. The van der Waals surface area contributed by atoms with E-state index in [0.29, 0.717) is 19.5 Å². The van der Waals surface area contributed by atoms with Crippen molar-refractivity contribution in [2.75, 3.05) is 46.5 Å². The van der Waals surface area contributed by atoms with Gasteiger partial charge in [-0.3, -0.25) is 14.4 Å². The monoisotopic (exact) mass is 679 g/mol. The zero-order valence-corrected chi connectivity index (χ0v) is 29.7. The lowest BCUT2D eigenvalue weighted by Gasteiger charge is -2.38. The second-order valence-corrected chi connectivity index (χ2v) is 15.9. The molecule has 0 aromatic carbocycles. The van der Waals surface area contributed by atoms with Crippen LogP contribution in [0.2, 0.25) is 0 Å². The van der Waals surface area contributed by atoms with E-state index < -0.39 is 64.1 Å². The maximum absolute atomic E-state index is 14.3. The molecule has 0 aliphatic heterocycles. The summed E-state index contributed by atoms with van der Waals surface area (Å²) in [5.74, 6) is -3.13. The van der Waals surface area contributed by atoms with Crippen molar-refractivity contribution in [3.63, 3.8) is 0 Å². The van der Waals surface area contributed by atoms with Crippen LogP contribution in [0.4, 0.5) is 8.78 Å². The van der Waals surface area contributed by atoms with Gasteiger partial charge in [0.15, 0.2) is 0 Å². The average Bonchev–Trinajstić information content (AvgIpc) is 2.93. The predicted molar refractivity (Wildman–Crippen MR) is 174 cm³/mol. The van der Waals surface area contributed by atoms with Crippen molar-refractivity contribution in [1.29, 1.82) is 0 Å². The molecule has 2 saturated carbocycles. The fraction of sp³-hybridized carbons (Fsp3) is 0.906. The summed E-state index contributed by atoms with van der Waals surface area (Å²) in [5, 5.41) is 15.4. The number of carbonyl (C=O) groups excluding carboxylic acids is 3. The SMILES string of the molecule is CCCN(CCC)C(=O)C1CC(C(=O)NC(CC2CC(F)CC(F)C2)C(O)CN(C)NS(=O)(=O)CC(C)C)CC(C(=O)N(C)C)C1. The number of sulfonamides is 1. The number of carbonyl (C=O) groups is 3. The fourth-order valence-electron chi connectivity index (χ4n) is 7.04. The van der Waals surface area contributed by atoms with Gasteiger partial charge in [-0.05, 0) is 63.2 Å². The molecule has 0 spiro atoms. The minimum atomic E-state index is -3.68. The molecule has 2 fully saturated rings. The zero-order chi connectivity index (χ0) is 34.8. The summed E-state index contributed by atoms with van der Waals surface area (Å²) in [6.45, 7) is 8.50. The second kappa shape index (κ2) is 18.6. The Morgan fingerprint density at radius 1 is 0.848 bits per heavy atom. The molecular weight excluding hydrogens is 620 g/mol. The number of alkyl halides is 2. The first kappa shape index (κ1) is 40.3. The third kappa shape index (κ3) is 13.0. The molecule has 268 valence electrons. The number of aliphatic hydroxyl groups excluding tert-OH is 1. The third-order valence-corrected chi connectivity index (χ3v) is 10.6. The van der Waals surface area contributed by atoms with Crippen LogP contribution in [0.5, 0.6) is 0 Å². The van der Waals surface area contributed by atoms with Crippen molar-refractivity contribution in [2.45, 2.75) is 110 Å². The van der Waals surface area contributed by atoms with Crippen LogP contribution in [0.3, 0.4) is 0 Å². The lowest BCUT2D eigenvalue weighted by molar-refractivity contribution is -0.143. The average molecular weight is 680 g/mol. The van der Waals surface area contributed by atoms with Gasteiger partial charge in [0.05, 0.1) is 17.9 Å². The molecule has 0 radical (unpaired) electrons. The molecule has 7 atom stereocenters. The molecule has 14 heteroatoms. The van der Waals surface area contributed by atoms with Crippen molar-refractivity contribution in [3.8, 4) is 0 Å². The Kier molecular flexibility index (Phi) is 16.3. The molecule has 11 nitrogen and oxygen atoms in total. The highest BCUT2D eigenvalue weighted by Gasteiger charge is 2.42. The number of nitrogens with zero attached hydrogens (tertiary/aromatic N) is 3. The van der Waals surface area contributed by atoms with Gasteiger partial charge in [0.1, 0.15) is 12.3 Å². The van der Waals surface area contributed by atoms with E-state index in [-0.39, 0.29) is 68.6 Å². The molecule has 0 aromatic rings. The fourth-order valence-corrected chi connectivity index (χ4v) is 8.55. The van der Waals surface area contributed by atoms with Crippen LogP contribution in [0.1, 0.15) is 85.5 Å². The van der Waals surface area contributed by atoms with Crippen LogP contribution in [0, 0.1) is 29.6 Å². The summed E-state index contributed by atoms with van der Waals surface area (Å²) < 4.78 is 53.6. The van der Waals surface area contributed by atoms with Crippen molar-refractivity contribution in [1.82, 2.24) is 25.0 Å². The van der Waals surface area contributed by atoms with Gasteiger partial charge in [-0.25, -0.2) is 22.2 Å². The van der Waals surface area contributed by atoms with Crippen molar-refractivity contribution < 1.29 is 36.7 Å². The summed E-state index contributed by atoms with van der Waals surface area (Å²) in [7, 11) is 1.06. The summed E-state index contributed by atoms with van der Waals surface area (Å²) >= 11 is 0. The molecule has 46 heavy (non-hydrogen) atoms. The molecule has 3 N–H and O–H groups in total. The number of hydrogen-bond donors (Lipinski definition) is 3. The Morgan fingerprint density at radius 2 is 1.37 bits per heavy atom. The van der Waals surface area contributed by atoms with E-state index in [2.05, 4.69) is 10.1 Å². The van der Waals surface area contributed by atoms with Gasteiger partial charge in [-0.15, -0.1) is 4.83 Å². The number of aliphatic hydroxyl groups is 1. The highest BCUT2D eigenvalue weighted by atomic mass is 32.2. The van der Waals surface area contributed by atoms with E-state index in [9.17, 15) is 36.7 Å². The van der Waals surface area contributed by atoms with Crippen LogP contribution in [0.25, 0.3) is 0 Å². The van der Waals surface area contributed by atoms with Crippen molar-refractivity contribution in [2.24, 2.45) is 29.6 Å². The maximum atomic E-state index is 14.3. The molecule has 7 unspecified atom stereocenters. The molecular formula is C32H59F2N5O6S. The summed E-state index contributed by atoms with van der Waals surface area (Å²) in [4.78, 5) is 46.3. The van der Waals surface area contributed by atoms with E-state index in [1.807, 2.05) is 13.8 Å². The van der Waals surface area contributed by atoms with Crippen molar-refractivity contribution in [3.05, 3.63) is 0 Å². The van der Waals surface area contributed by atoms with Gasteiger partial charge in [0.25, 0.3) is 0 Å². The third-order valence-electron chi connectivity index (χ3n) is 8.89. The Morgan fingerprint density at radius 3 is 1.87 bits per heavy atom. The molecule has 2 aliphatic rings. The van der Waals surface area contributed by atoms with Gasteiger partial charge in [-0.2, -0.15) is 0 Å². The Hall–Kier alpha value is -1.90. The smallest absolute Gasteiger partial charge is 0.225 e. The van der Waals surface area contributed by atoms with Crippen LogP contribution in [-0.2, 0) is 24.4 Å². The van der Waals surface area contributed by atoms with Gasteiger partial charge in [-0.1, -0.05) is 27.7 Å². The molecule has 0 aromatic heterocycles. The first-order chi connectivity index (χ1) is 21.5. The minimum Gasteiger partial charge on any atom is -0.390 e. The topological polar surface area (TPSA) is 139 Å². The molecule has 0 saturated heterocycles. The number of hydrogen-bond acceptors (Lipinski definition) is 7. The Labute approximate surface area is 275 Å². The lowest BCUT2D eigenvalue weighted by Crippen LogP contribution is -2.54. The number of hydrazine groups is 1. The molecule has 2 aliphatic carbocycles. The number of nitrogens with one attached hydrogen (secondary N) is 2. The number of likely N-dealkylation sites (N-methyl/N-ethyl adjacent to an activating group) is 1. The van der Waals surface area contributed by atoms with Crippen LogP contribution >= 0.6 is 0 Å². The quantitative estimate of drug-likeness (QED) is 0.201. The molecule has 0 heterocycles. The minimum absolute atomic E-state index is 0.0742. The first-order valence-electron chi connectivity index (χ1n) is 16.9. The Bertz CT molecular complexity index is 1080. The van der Waals surface area contributed by atoms with Crippen LogP contribution < -0.4 is 10.1 Å². The second-order valence-electron chi connectivity index (χ2n) is 14.2. The number of halogens is 2. The van der Waals surface area contributed by atoms with Crippen molar-refractivity contribution >= 4 is 27.7 Å². The Balaban J connectivity index is 2.30. The summed E-state index contributed by atoms with van der Waals surface area (Å²) in [6.07, 6.45) is -1.45.